The van der Waals surface area contributed by atoms with E-state index in [4.69, 9.17) is 5.73 Å². The normalized spacial score (nSPS) is 21.7. The van der Waals surface area contributed by atoms with Gasteiger partial charge in [0.25, 0.3) is 5.84 Å². The SMILES string of the molecule is CN/C=C\C(N)=[N+]1CCC(=O)N(C)CC1. The van der Waals surface area contributed by atoms with Crippen LogP contribution in [0.3, 0.4) is 0 Å². The maximum absolute atomic E-state index is 11.4. The predicted octanol–water partition coefficient (Wildman–Crippen LogP) is -1.05. The molecule has 0 bridgehead atoms. The van der Waals surface area contributed by atoms with Crippen LogP contribution in [-0.4, -0.2) is 54.9 Å². The summed E-state index contributed by atoms with van der Waals surface area (Å²) in [4.78, 5) is 13.2. The predicted molar refractivity (Wildman–Crippen MR) is 59.6 cm³/mol. The van der Waals surface area contributed by atoms with Gasteiger partial charge in [0.1, 0.15) is 6.54 Å². The van der Waals surface area contributed by atoms with Crippen molar-refractivity contribution in [3.8, 4) is 0 Å². The fourth-order valence-electron chi connectivity index (χ4n) is 1.46. The highest BCUT2D eigenvalue weighted by Gasteiger charge is 2.18. The molecule has 1 fully saturated rings. The molecule has 3 N–H and O–H groups in total. The van der Waals surface area contributed by atoms with Crippen LogP contribution < -0.4 is 11.1 Å². The highest BCUT2D eigenvalue weighted by molar-refractivity contribution is 5.87. The van der Waals surface area contributed by atoms with Crippen LogP contribution >= 0.6 is 0 Å². The van der Waals surface area contributed by atoms with Gasteiger partial charge in [-0.05, 0) is 0 Å². The van der Waals surface area contributed by atoms with Gasteiger partial charge in [-0.3, -0.25) is 15.1 Å². The van der Waals surface area contributed by atoms with Crippen LogP contribution in [0.5, 0.6) is 0 Å². The summed E-state index contributed by atoms with van der Waals surface area (Å²) in [6.45, 7) is 2.22. The summed E-state index contributed by atoms with van der Waals surface area (Å²) < 4.78 is 2.02. The molecule has 0 aromatic heterocycles. The van der Waals surface area contributed by atoms with Crippen molar-refractivity contribution < 1.29 is 9.37 Å². The lowest BCUT2D eigenvalue weighted by molar-refractivity contribution is -0.523. The average molecular weight is 211 g/mol. The maximum atomic E-state index is 11.4. The number of nitrogens with two attached hydrogens (primary N) is 1. The van der Waals surface area contributed by atoms with E-state index in [0.29, 0.717) is 18.8 Å². The standard InChI is InChI=1S/C10H18N4O/c1-12-5-3-9(11)14-6-4-10(15)13(2)7-8-14/h3,5H,4,6-8H2,1-2H3,(H2,11,12)/p+1. The van der Waals surface area contributed by atoms with Crippen LogP contribution in [0.2, 0.25) is 0 Å². The molecule has 0 aliphatic carbocycles. The number of amidine groups is 1. The van der Waals surface area contributed by atoms with Gasteiger partial charge in [0.2, 0.25) is 5.91 Å². The number of hydrogen-bond acceptors (Lipinski definition) is 2. The summed E-state index contributed by atoms with van der Waals surface area (Å²) in [5.41, 5.74) is 5.88. The Morgan fingerprint density at radius 3 is 3.00 bits per heavy atom. The molecule has 0 radical (unpaired) electrons. The van der Waals surface area contributed by atoms with Crippen LogP contribution in [0, 0.1) is 0 Å². The third kappa shape index (κ3) is 3.27. The van der Waals surface area contributed by atoms with E-state index in [0.717, 1.165) is 13.1 Å². The number of likely N-dealkylation sites (N-methyl/N-ethyl adjacent to an activating group) is 1. The minimum Gasteiger partial charge on any atom is -0.394 e. The smallest absolute Gasteiger partial charge is 0.269 e. The van der Waals surface area contributed by atoms with Gasteiger partial charge in [-0.1, -0.05) is 0 Å². The molecule has 0 aromatic carbocycles. The summed E-state index contributed by atoms with van der Waals surface area (Å²) in [5, 5.41) is 2.89. The van der Waals surface area contributed by atoms with E-state index in [-0.39, 0.29) is 5.91 Å². The molecule has 0 aromatic rings. The molecule has 0 saturated carbocycles. The van der Waals surface area contributed by atoms with Crippen LogP contribution in [-0.2, 0) is 4.79 Å². The Hall–Kier alpha value is -1.52. The Bertz CT molecular complexity index is 296. The molecular weight excluding hydrogens is 192 g/mol. The molecule has 1 rings (SSSR count). The van der Waals surface area contributed by atoms with E-state index in [1.54, 1.807) is 11.1 Å². The number of carbonyl (C=O) groups excluding carboxylic acids is 1. The first-order chi connectivity index (χ1) is 7.15. The summed E-state index contributed by atoms with van der Waals surface area (Å²) in [7, 11) is 3.65. The molecule has 0 unspecified atom stereocenters. The van der Waals surface area contributed by atoms with Crippen molar-refractivity contribution in [1.29, 1.82) is 0 Å². The Morgan fingerprint density at radius 2 is 2.33 bits per heavy atom. The second kappa shape index (κ2) is 5.38. The van der Waals surface area contributed by atoms with Crippen LogP contribution in [0.4, 0.5) is 0 Å². The zero-order valence-corrected chi connectivity index (χ0v) is 9.36. The monoisotopic (exact) mass is 211 g/mol. The third-order valence-electron chi connectivity index (χ3n) is 2.51. The minimum atomic E-state index is 0.183. The van der Waals surface area contributed by atoms with Crippen LogP contribution in [0.15, 0.2) is 12.3 Å². The Balaban J connectivity index is 2.71. The molecule has 1 aliphatic rings. The van der Waals surface area contributed by atoms with Gasteiger partial charge in [-0.2, -0.15) is 0 Å². The van der Waals surface area contributed by atoms with Crippen LogP contribution in [0.1, 0.15) is 6.42 Å². The van der Waals surface area contributed by atoms with Crippen molar-refractivity contribution >= 4 is 11.7 Å². The minimum absolute atomic E-state index is 0.183. The summed E-state index contributed by atoms with van der Waals surface area (Å²) in [6.07, 6.45) is 4.13. The summed E-state index contributed by atoms with van der Waals surface area (Å²) in [6, 6.07) is 0. The van der Waals surface area contributed by atoms with Crippen molar-refractivity contribution in [3.63, 3.8) is 0 Å². The number of carbonyl (C=O) groups is 1. The van der Waals surface area contributed by atoms with Crippen molar-refractivity contribution in [2.24, 2.45) is 5.73 Å². The van der Waals surface area contributed by atoms with Crippen molar-refractivity contribution in [2.45, 2.75) is 6.42 Å². The molecule has 1 aliphatic heterocycles. The molecule has 1 heterocycles. The van der Waals surface area contributed by atoms with E-state index in [1.165, 1.54) is 0 Å². The lowest BCUT2D eigenvalue weighted by Crippen LogP contribution is -2.31. The van der Waals surface area contributed by atoms with Crippen molar-refractivity contribution in [2.75, 3.05) is 33.7 Å². The van der Waals surface area contributed by atoms with E-state index in [2.05, 4.69) is 5.32 Å². The lowest BCUT2D eigenvalue weighted by atomic mass is 10.4. The zero-order chi connectivity index (χ0) is 11.3. The number of rotatable bonds is 2. The number of nitrogens with zero attached hydrogens (tertiary/aromatic N) is 2. The van der Waals surface area contributed by atoms with Gasteiger partial charge in [0, 0.05) is 26.4 Å². The molecule has 0 spiro atoms. The van der Waals surface area contributed by atoms with E-state index in [9.17, 15) is 4.79 Å². The number of nitrogens with one attached hydrogen (secondary N) is 1. The van der Waals surface area contributed by atoms with Crippen molar-refractivity contribution in [1.82, 2.24) is 10.2 Å². The average Bonchev–Trinajstić information content (AvgIpc) is 2.39. The fourth-order valence-corrected chi connectivity index (χ4v) is 1.46. The maximum Gasteiger partial charge on any atom is 0.269 e. The van der Waals surface area contributed by atoms with E-state index in [1.807, 2.05) is 24.7 Å². The van der Waals surface area contributed by atoms with Crippen molar-refractivity contribution in [3.05, 3.63) is 12.3 Å². The molecule has 0 atom stereocenters. The second-order valence-electron chi connectivity index (χ2n) is 3.60. The molecule has 5 nitrogen and oxygen atoms in total. The quantitative estimate of drug-likeness (QED) is 0.452. The Labute approximate surface area is 90.2 Å². The summed E-state index contributed by atoms with van der Waals surface area (Å²) in [5.74, 6) is 0.885. The largest absolute Gasteiger partial charge is 0.394 e. The Kier molecular flexibility index (Phi) is 4.15. The fraction of sp³-hybridized carbons (Fsp3) is 0.600. The van der Waals surface area contributed by atoms with Gasteiger partial charge in [0.05, 0.1) is 19.5 Å². The van der Waals surface area contributed by atoms with Gasteiger partial charge in [-0.15, -0.1) is 0 Å². The highest BCUT2D eigenvalue weighted by Crippen LogP contribution is 1.98. The zero-order valence-electron chi connectivity index (χ0n) is 9.36. The number of amides is 1. The first kappa shape index (κ1) is 11.6. The van der Waals surface area contributed by atoms with E-state index >= 15 is 0 Å². The van der Waals surface area contributed by atoms with Gasteiger partial charge < -0.3 is 10.2 Å². The Morgan fingerprint density at radius 1 is 1.60 bits per heavy atom. The lowest BCUT2D eigenvalue weighted by Gasteiger charge is -2.10. The third-order valence-corrected chi connectivity index (χ3v) is 2.51. The first-order valence-corrected chi connectivity index (χ1v) is 5.10. The first-order valence-electron chi connectivity index (χ1n) is 5.10. The number of hydrogen-bond donors (Lipinski definition) is 2. The molecule has 1 saturated heterocycles. The van der Waals surface area contributed by atoms with Gasteiger partial charge in [-0.25, -0.2) is 0 Å². The highest BCUT2D eigenvalue weighted by atomic mass is 16.2. The van der Waals surface area contributed by atoms with E-state index < -0.39 is 0 Å². The van der Waals surface area contributed by atoms with Crippen LogP contribution in [0.25, 0.3) is 0 Å². The second-order valence-corrected chi connectivity index (χ2v) is 3.60. The molecule has 5 heteroatoms. The molecule has 84 valence electrons. The van der Waals surface area contributed by atoms with Gasteiger partial charge >= 0.3 is 0 Å². The van der Waals surface area contributed by atoms with Gasteiger partial charge in [0.15, 0.2) is 0 Å². The topological polar surface area (TPSA) is 61.4 Å². The molecular formula is C10H19N4O+. The summed E-state index contributed by atoms with van der Waals surface area (Å²) >= 11 is 0. The molecule has 1 amide bonds. The molecule has 15 heavy (non-hydrogen) atoms.